The molecule has 0 aliphatic carbocycles. The van der Waals surface area contributed by atoms with Gasteiger partial charge in [0, 0.05) is 5.56 Å². The average molecular weight is 439 g/mol. The predicted molar refractivity (Wildman–Crippen MR) is 122 cm³/mol. The number of hydrogen-bond donors (Lipinski definition) is 1. The summed E-state index contributed by atoms with van der Waals surface area (Å²) in [6, 6.07) is 11.5. The van der Waals surface area contributed by atoms with Crippen LogP contribution in [-0.2, 0) is 14.4 Å². The molecule has 1 saturated heterocycles. The van der Waals surface area contributed by atoms with Gasteiger partial charge in [-0.1, -0.05) is 54.3 Å². The zero-order chi connectivity index (χ0) is 21.7. The van der Waals surface area contributed by atoms with E-state index >= 15 is 0 Å². The molecule has 152 valence electrons. The van der Waals surface area contributed by atoms with Crippen molar-refractivity contribution < 1.29 is 19.5 Å². The number of thiocarbonyl (C=S) groups is 1. The van der Waals surface area contributed by atoms with E-state index in [-0.39, 0.29) is 16.4 Å². The molecule has 8 heteroatoms. The van der Waals surface area contributed by atoms with Crippen molar-refractivity contribution >= 4 is 63.0 Å². The highest BCUT2D eigenvalue weighted by atomic mass is 32.2. The van der Waals surface area contributed by atoms with Crippen LogP contribution in [0.25, 0.3) is 5.57 Å². The molecule has 2 aromatic carbocycles. The van der Waals surface area contributed by atoms with Crippen LogP contribution in [0.5, 0.6) is 0 Å². The Morgan fingerprint density at radius 2 is 1.70 bits per heavy atom. The van der Waals surface area contributed by atoms with Crippen LogP contribution in [0.1, 0.15) is 23.6 Å². The maximum Gasteiger partial charge on any atom is 0.326 e. The molecule has 2 aromatic rings. The summed E-state index contributed by atoms with van der Waals surface area (Å²) < 4.78 is 0.339. The zero-order valence-electron chi connectivity index (χ0n) is 16.5. The van der Waals surface area contributed by atoms with Gasteiger partial charge in [0.05, 0.1) is 21.9 Å². The van der Waals surface area contributed by atoms with E-state index in [2.05, 4.69) is 0 Å². The monoisotopic (exact) mass is 438 g/mol. The maximum absolute atomic E-state index is 13.4. The summed E-state index contributed by atoms with van der Waals surface area (Å²) in [5.41, 5.74) is 3.85. The molecular formula is C22H18N2O4S2. The predicted octanol–water partition coefficient (Wildman–Crippen LogP) is 3.90. The summed E-state index contributed by atoms with van der Waals surface area (Å²) in [6.07, 6.45) is 0. The molecule has 0 radical (unpaired) electrons. The Morgan fingerprint density at radius 3 is 2.40 bits per heavy atom. The second-order valence-corrected chi connectivity index (χ2v) is 8.78. The molecule has 0 spiro atoms. The van der Waals surface area contributed by atoms with Crippen molar-refractivity contribution in [1.29, 1.82) is 0 Å². The van der Waals surface area contributed by atoms with Crippen molar-refractivity contribution in [3.8, 4) is 0 Å². The van der Waals surface area contributed by atoms with Crippen LogP contribution in [0.2, 0.25) is 0 Å². The van der Waals surface area contributed by atoms with Gasteiger partial charge in [-0.2, -0.15) is 0 Å². The number of thioether (sulfide) groups is 1. The number of carbonyl (C=O) groups is 3. The fourth-order valence-corrected chi connectivity index (χ4v) is 5.02. The van der Waals surface area contributed by atoms with E-state index in [9.17, 15) is 19.5 Å². The van der Waals surface area contributed by atoms with Crippen molar-refractivity contribution in [3.63, 3.8) is 0 Å². The van der Waals surface area contributed by atoms with Crippen molar-refractivity contribution in [2.45, 2.75) is 26.8 Å². The van der Waals surface area contributed by atoms with E-state index < -0.39 is 17.9 Å². The highest BCUT2D eigenvalue weighted by Crippen LogP contribution is 2.46. The Bertz CT molecular complexity index is 1170. The smallest absolute Gasteiger partial charge is 0.326 e. The second-order valence-electron chi connectivity index (χ2n) is 7.14. The Kier molecular flexibility index (Phi) is 4.99. The van der Waals surface area contributed by atoms with Crippen LogP contribution in [-0.4, -0.2) is 33.3 Å². The van der Waals surface area contributed by atoms with Crippen molar-refractivity contribution in [2.24, 2.45) is 0 Å². The van der Waals surface area contributed by atoms with Crippen LogP contribution in [0.3, 0.4) is 0 Å². The Balaban J connectivity index is 1.87. The normalized spacial score (nSPS) is 19.5. The number of hydrogen-bond acceptors (Lipinski definition) is 5. The Labute approximate surface area is 183 Å². The number of amides is 2. The van der Waals surface area contributed by atoms with Crippen LogP contribution in [0.15, 0.2) is 47.4 Å². The van der Waals surface area contributed by atoms with Crippen LogP contribution in [0.4, 0.5) is 11.4 Å². The molecule has 0 aromatic heterocycles. The molecule has 30 heavy (non-hydrogen) atoms. The summed E-state index contributed by atoms with van der Waals surface area (Å²) in [5.74, 6) is -2.00. The number of carbonyl (C=O) groups excluding carboxylic acids is 2. The summed E-state index contributed by atoms with van der Waals surface area (Å²) >= 11 is 6.56. The van der Waals surface area contributed by atoms with Gasteiger partial charge in [0.2, 0.25) is 0 Å². The summed E-state index contributed by atoms with van der Waals surface area (Å²) in [4.78, 5) is 41.2. The third kappa shape index (κ3) is 2.95. The number of para-hydroxylation sites is 1. The molecule has 6 nitrogen and oxygen atoms in total. The van der Waals surface area contributed by atoms with E-state index in [1.165, 1.54) is 16.7 Å². The summed E-state index contributed by atoms with van der Waals surface area (Å²) in [5, 5.41) is 9.47. The molecule has 2 aliphatic rings. The van der Waals surface area contributed by atoms with Crippen molar-refractivity contribution in [1.82, 2.24) is 0 Å². The molecule has 4 rings (SSSR count). The van der Waals surface area contributed by atoms with Gasteiger partial charge in [0.1, 0.15) is 6.04 Å². The van der Waals surface area contributed by atoms with E-state index in [1.807, 2.05) is 32.0 Å². The number of anilines is 2. The van der Waals surface area contributed by atoms with E-state index in [4.69, 9.17) is 12.2 Å². The van der Waals surface area contributed by atoms with Gasteiger partial charge in [-0.3, -0.25) is 19.4 Å². The van der Waals surface area contributed by atoms with Crippen LogP contribution in [0, 0.1) is 13.8 Å². The first-order valence-corrected chi connectivity index (χ1v) is 10.5. The van der Waals surface area contributed by atoms with Gasteiger partial charge in [0.15, 0.2) is 4.32 Å². The van der Waals surface area contributed by atoms with Crippen LogP contribution >= 0.6 is 24.0 Å². The van der Waals surface area contributed by atoms with Gasteiger partial charge in [-0.05, 0) is 44.0 Å². The van der Waals surface area contributed by atoms with Gasteiger partial charge < -0.3 is 5.11 Å². The molecule has 2 amide bonds. The van der Waals surface area contributed by atoms with Gasteiger partial charge in [-0.15, -0.1) is 0 Å². The Morgan fingerprint density at radius 1 is 1.03 bits per heavy atom. The van der Waals surface area contributed by atoms with Gasteiger partial charge in [-0.25, -0.2) is 4.79 Å². The zero-order valence-corrected chi connectivity index (χ0v) is 18.1. The maximum atomic E-state index is 13.4. The highest BCUT2D eigenvalue weighted by molar-refractivity contribution is 8.27. The van der Waals surface area contributed by atoms with Crippen LogP contribution < -0.4 is 9.80 Å². The first kappa shape index (κ1) is 20.3. The fourth-order valence-electron chi connectivity index (χ4n) is 3.66. The van der Waals surface area contributed by atoms with Crippen molar-refractivity contribution in [3.05, 3.63) is 64.1 Å². The third-order valence-electron chi connectivity index (χ3n) is 5.42. The number of aliphatic carboxylic acids is 1. The number of rotatable bonds is 3. The van der Waals surface area contributed by atoms with Crippen molar-refractivity contribution in [2.75, 3.05) is 9.80 Å². The largest absolute Gasteiger partial charge is 0.480 e. The molecule has 1 atom stereocenters. The number of carboxylic acid groups (broad SMARTS) is 1. The molecule has 0 bridgehead atoms. The first-order valence-electron chi connectivity index (χ1n) is 9.26. The number of fused-ring (bicyclic) bond motifs is 1. The lowest BCUT2D eigenvalue weighted by Gasteiger charge is -2.21. The first-order chi connectivity index (χ1) is 14.2. The number of aryl methyl sites for hydroxylation is 1. The van der Waals surface area contributed by atoms with Gasteiger partial charge in [0.25, 0.3) is 11.8 Å². The topological polar surface area (TPSA) is 77.9 Å². The molecular weight excluding hydrogens is 420 g/mol. The number of nitrogens with zero attached hydrogens (tertiary/aromatic N) is 2. The highest BCUT2D eigenvalue weighted by Gasteiger charge is 2.44. The lowest BCUT2D eigenvalue weighted by molar-refractivity contribution is -0.139. The minimum atomic E-state index is -1.12. The minimum absolute atomic E-state index is 0.198. The summed E-state index contributed by atoms with van der Waals surface area (Å²) in [6.45, 7) is 5.32. The molecule has 0 saturated carbocycles. The third-order valence-corrected chi connectivity index (χ3v) is 6.80. The SMILES string of the molecule is Cc1cccc(N2C(=O)/C(=C3/C(=O)N(C(C)C(=O)O)c4ccccc43)SC2=S)c1C. The lowest BCUT2D eigenvalue weighted by Crippen LogP contribution is -2.41. The summed E-state index contributed by atoms with van der Waals surface area (Å²) in [7, 11) is 0. The molecule has 2 heterocycles. The molecule has 1 N–H and O–H groups in total. The minimum Gasteiger partial charge on any atom is -0.480 e. The second kappa shape index (κ2) is 7.37. The number of carboxylic acids is 1. The van der Waals surface area contributed by atoms with E-state index in [0.29, 0.717) is 21.3 Å². The standard InChI is InChI=1S/C22H18N2O4S2/c1-11-7-6-10-15(12(11)2)24-20(26)18(30-22(24)29)17-14-8-4-5-9-16(14)23(19(17)25)13(3)21(27)28/h4-10,13H,1-3H3,(H,27,28)/b18-17-. The number of benzene rings is 2. The quantitative estimate of drug-likeness (QED) is 0.579. The van der Waals surface area contributed by atoms with E-state index in [0.717, 1.165) is 22.9 Å². The lowest BCUT2D eigenvalue weighted by atomic mass is 10.1. The molecule has 1 unspecified atom stereocenters. The molecule has 2 aliphatic heterocycles. The fraction of sp³-hybridized carbons (Fsp3) is 0.182. The average Bonchev–Trinajstić information content (AvgIpc) is 3.15. The Hall–Kier alpha value is -2.97. The van der Waals surface area contributed by atoms with Gasteiger partial charge >= 0.3 is 5.97 Å². The molecule has 1 fully saturated rings. The van der Waals surface area contributed by atoms with E-state index in [1.54, 1.807) is 24.3 Å².